The number of carboxylic acid groups (broad SMARTS) is 1. The fourth-order valence-corrected chi connectivity index (χ4v) is 5.11. The topological polar surface area (TPSA) is 125 Å². The highest BCUT2D eigenvalue weighted by atomic mass is 16.6. The second-order valence-corrected chi connectivity index (χ2v) is 9.00. The molecule has 1 unspecified atom stereocenters. The number of hydrogen-bond donors (Lipinski definition) is 3. The lowest BCUT2D eigenvalue weighted by Gasteiger charge is -2.25. The number of aliphatic hydroxyl groups is 1. The van der Waals surface area contributed by atoms with E-state index in [1.165, 1.54) is 4.90 Å². The van der Waals surface area contributed by atoms with Crippen LogP contribution in [0.25, 0.3) is 11.1 Å². The molecule has 9 heteroatoms. The van der Waals surface area contributed by atoms with Gasteiger partial charge in [0.15, 0.2) is 11.7 Å². The third kappa shape index (κ3) is 3.91. The summed E-state index contributed by atoms with van der Waals surface area (Å²) in [5.74, 6) is -1.88. The summed E-state index contributed by atoms with van der Waals surface area (Å²) in [6, 6.07) is 15.5. The smallest absolute Gasteiger partial charge is 0.407 e. The first-order valence-corrected chi connectivity index (χ1v) is 11.3. The van der Waals surface area contributed by atoms with Crippen LogP contribution in [-0.2, 0) is 19.1 Å². The molecular weight excluding hydrogens is 440 g/mol. The maximum atomic E-state index is 12.9. The molecule has 0 spiro atoms. The van der Waals surface area contributed by atoms with Gasteiger partial charge in [-0.2, -0.15) is 0 Å². The summed E-state index contributed by atoms with van der Waals surface area (Å²) in [7, 11) is 0. The largest absolute Gasteiger partial charge is 0.479 e. The summed E-state index contributed by atoms with van der Waals surface area (Å²) >= 11 is 0. The number of hydrogen-bond acceptors (Lipinski definition) is 6. The third-order valence-corrected chi connectivity index (χ3v) is 6.94. The van der Waals surface area contributed by atoms with Crippen LogP contribution in [0, 0.1) is 0 Å². The molecule has 2 aromatic carbocycles. The molecule has 5 rings (SSSR count). The van der Waals surface area contributed by atoms with E-state index < -0.39 is 35.7 Å². The highest BCUT2D eigenvalue weighted by Gasteiger charge is 2.48. The molecule has 2 heterocycles. The maximum absolute atomic E-state index is 12.9. The van der Waals surface area contributed by atoms with Crippen molar-refractivity contribution in [3.63, 3.8) is 0 Å². The molecule has 2 saturated heterocycles. The van der Waals surface area contributed by atoms with Crippen LogP contribution in [0.5, 0.6) is 0 Å². The number of fused-ring (bicyclic) bond motifs is 3. The highest BCUT2D eigenvalue weighted by molar-refractivity contribution is 5.86. The van der Waals surface area contributed by atoms with Gasteiger partial charge in [-0.15, -0.1) is 0 Å². The van der Waals surface area contributed by atoms with Crippen LogP contribution in [-0.4, -0.2) is 77.1 Å². The minimum Gasteiger partial charge on any atom is -0.479 e. The molecule has 2 fully saturated rings. The standard InChI is InChI=1S/C25H26N2O7/c28-22(27-11-10-25(32,14-27)23(29)30)21-20(9-12-33-21)26-24(31)34-13-19-17-7-3-1-5-15(17)16-6-2-4-8-18(16)19/h1-8,19-21,32H,9-14H2,(H,26,31)(H,29,30)/t20-,21+,25?/m0/s1. The Bertz CT molecular complexity index is 1090. The fraction of sp³-hybridized carbons (Fsp3) is 0.400. The van der Waals surface area contributed by atoms with E-state index >= 15 is 0 Å². The Morgan fingerprint density at radius 1 is 1.09 bits per heavy atom. The number of aliphatic carboxylic acids is 1. The summed E-state index contributed by atoms with van der Waals surface area (Å²) in [5.41, 5.74) is 2.52. The molecule has 0 bridgehead atoms. The Labute approximate surface area is 196 Å². The highest BCUT2D eigenvalue weighted by Crippen LogP contribution is 2.44. The third-order valence-electron chi connectivity index (χ3n) is 6.94. The van der Waals surface area contributed by atoms with Crippen molar-refractivity contribution >= 4 is 18.0 Å². The van der Waals surface area contributed by atoms with Gasteiger partial charge in [-0.05, 0) is 28.7 Å². The Hall–Kier alpha value is -3.43. The van der Waals surface area contributed by atoms with E-state index in [0.717, 1.165) is 22.3 Å². The number of rotatable bonds is 5. The van der Waals surface area contributed by atoms with Gasteiger partial charge in [-0.25, -0.2) is 9.59 Å². The number of carbonyl (C=O) groups is 3. The van der Waals surface area contributed by atoms with E-state index in [1.54, 1.807) is 0 Å². The second kappa shape index (κ2) is 8.73. The van der Waals surface area contributed by atoms with E-state index in [9.17, 15) is 24.6 Å². The maximum Gasteiger partial charge on any atom is 0.407 e. The van der Waals surface area contributed by atoms with Gasteiger partial charge >= 0.3 is 12.1 Å². The van der Waals surface area contributed by atoms with Gasteiger partial charge in [0, 0.05) is 25.5 Å². The predicted molar refractivity (Wildman–Crippen MR) is 120 cm³/mol. The first-order valence-electron chi connectivity index (χ1n) is 11.3. The molecule has 0 saturated carbocycles. The fourth-order valence-electron chi connectivity index (χ4n) is 5.11. The van der Waals surface area contributed by atoms with Crippen LogP contribution in [0.1, 0.15) is 29.9 Å². The molecule has 3 atom stereocenters. The number of amides is 2. The summed E-state index contributed by atoms with van der Waals surface area (Å²) in [6.45, 7) is 0.240. The second-order valence-electron chi connectivity index (χ2n) is 9.00. The molecule has 3 N–H and O–H groups in total. The number of nitrogens with one attached hydrogen (secondary N) is 1. The number of alkyl carbamates (subject to hydrolysis) is 1. The number of β-amino-alcohol motifs (C(OH)–C–C–N with tert-alkyl or cyclic N) is 1. The van der Waals surface area contributed by atoms with Gasteiger partial charge in [0.05, 0.1) is 12.6 Å². The number of benzene rings is 2. The van der Waals surface area contributed by atoms with Crippen molar-refractivity contribution in [3.8, 4) is 11.1 Å². The SMILES string of the molecule is O=C(N[C@H]1CCO[C@H]1C(=O)N1CCC(O)(C(=O)O)C1)OCC1c2ccccc2-c2ccccc21. The Morgan fingerprint density at radius 2 is 1.74 bits per heavy atom. The first-order chi connectivity index (χ1) is 16.4. The lowest BCUT2D eigenvalue weighted by molar-refractivity contribution is -0.157. The van der Waals surface area contributed by atoms with Gasteiger partial charge in [0.1, 0.15) is 6.61 Å². The summed E-state index contributed by atoms with van der Waals surface area (Å²) in [6.07, 6.45) is -1.21. The van der Waals surface area contributed by atoms with Gasteiger partial charge in [-0.3, -0.25) is 4.79 Å². The number of nitrogens with zero attached hydrogens (tertiary/aromatic N) is 1. The van der Waals surface area contributed by atoms with Crippen LogP contribution in [0.2, 0.25) is 0 Å². The minimum atomic E-state index is -1.95. The van der Waals surface area contributed by atoms with Crippen LogP contribution in [0.3, 0.4) is 0 Å². The lowest BCUT2D eigenvalue weighted by Crippen LogP contribution is -2.50. The van der Waals surface area contributed by atoms with Crippen LogP contribution in [0.15, 0.2) is 48.5 Å². The Morgan fingerprint density at radius 3 is 2.35 bits per heavy atom. The molecule has 0 aromatic heterocycles. The molecule has 1 aliphatic carbocycles. The minimum absolute atomic E-state index is 0.0503. The zero-order valence-electron chi connectivity index (χ0n) is 18.5. The molecule has 34 heavy (non-hydrogen) atoms. The number of carboxylic acids is 1. The number of ether oxygens (including phenoxy) is 2. The van der Waals surface area contributed by atoms with E-state index in [2.05, 4.69) is 17.4 Å². The molecular formula is C25H26N2O7. The summed E-state index contributed by atoms with van der Waals surface area (Å²) in [4.78, 5) is 38.1. The zero-order valence-corrected chi connectivity index (χ0v) is 18.5. The van der Waals surface area contributed by atoms with Crippen molar-refractivity contribution in [2.75, 3.05) is 26.3 Å². The molecule has 2 amide bonds. The van der Waals surface area contributed by atoms with Crippen molar-refractivity contribution in [3.05, 3.63) is 59.7 Å². The van der Waals surface area contributed by atoms with Crippen LogP contribution in [0.4, 0.5) is 4.79 Å². The van der Waals surface area contributed by atoms with E-state index in [4.69, 9.17) is 9.47 Å². The molecule has 3 aliphatic rings. The van der Waals surface area contributed by atoms with E-state index in [-0.39, 0.29) is 38.6 Å². The first kappa shape index (κ1) is 22.4. The zero-order chi connectivity index (χ0) is 23.9. The lowest BCUT2D eigenvalue weighted by atomic mass is 9.98. The van der Waals surface area contributed by atoms with Crippen molar-refractivity contribution in [2.45, 2.75) is 36.5 Å². The average Bonchev–Trinajstić information content (AvgIpc) is 3.54. The Balaban J connectivity index is 1.21. The van der Waals surface area contributed by atoms with Gasteiger partial charge < -0.3 is 29.9 Å². The van der Waals surface area contributed by atoms with Crippen LogP contribution < -0.4 is 5.32 Å². The van der Waals surface area contributed by atoms with Gasteiger partial charge in [0.2, 0.25) is 0 Å². The average molecular weight is 466 g/mol. The molecule has 178 valence electrons. The molecule has 2 aromatic rings. The van der Waals surface area contributed by atoms with Gasteiger partial charge in [0.25, 0.3) is 5.91 Å². The monoisotopic (exact) mass is 466 g/mol. The quantitative estimate of drug-likeness (QED) is 0.613. The Kier molecular flexibility index (Phi) is 5.75. The van der Waals surface area contributed by atoms with E-state index in [1.807, 2.05) is 36.4 Å². The summed E-state index contributed by atoms with van der Waals surface area (Å²) < 4.78 is 11.1. The molecule has 2 aliphatic heterocycles. The number of likely N-dealkylation sites (tertiary alicyclic amines) is 1. The summed E-state index contributed by atoms with van der Waals surface area (Å²) in [5, 5.41) is 22.1. The van der Waals surface area contributed by atoms with Crippen LogP contribution >= 0.6 is 0 Å². The van der Waals surface area contributed by atoms with Gasteiger partial charge in [-0.1, -0.05) is 48.5 Å². The van der Waals surface area contributed by atoms with Crippen molar-refractivity contribution in [1.29, 1.82) is 0 Å². The van der Waals surface area contributed by atoms with Crippen molar-refractivity contribution < 1.29 is 34.1 Å². The molecule has 0 radical (unpaired) electrons. The normalized spacial score (nSPS) is 25.6. The number of carbonyl (C=O) groups excluding carboxylic acids is 2. The van der Waals surface area contributed by atoms with E-state index in [0.29, 0.717) is 6.42 Å². The molecule has 9 nitrogen and oxygen atoms in total. The predicted octanol–water partition coefficient (Wildman–Crippen LogP) is 1.73. The van der Waals surface area contributed by atoms with Crippen molar-refractivity contribution in [1.82, 2.24) is 10.2 Å². The van der Waals surface area contributed by atoms with Crippen molar-refractivity contribution in [2.24, 2.45) is 0 Å².